The lowest BCUT2D eigenvalue weighted by molar-refractivity contribution is 0.0938. The molecule has 0 saturated heterocycles. The number of benzene rings is 3. The summed E-state index contributed by atoms with van der Waals surface area (Å²) in [5.74, 6) is 0.342. The molecule has 1 atom stereocenters. The molecule has 1 unspecified atom stereocenters. The van der Waals surface area contributed by atoms with Crippen molar-refractivity contribution < 1.29 is 14.3 Å². The van der Waals surface area contributed by atoms with E-state index in [9.17, 15) is 9.59 Å². The van der Waals surface area contributed by atoms with Gasteiger partial charge in [-0.3, -0.25) is 9.59 Å². The van der Waals surface area contributed by atoms with Gasteiger partial charge in [0.15, 0.2) is 0 Å². The van der Waals surface area contributed by atoms with E-state index in [1.54, 1.807) is 36.4 Å². The molecular weight excluding hydrogens is 468 g/mol. The van der Waals surface area contributed by atoms with Gasteiger partial charge in [-0.25, -0.2) is 0 Å². The first-order valence-corrected chi connectivity index (χ1v) is 11.3. The number of nitrogens with one attached hydrogen (secondary N) is 2. The van der Waals surface area contributed by atoms with Crippen molar-refractivity contribution in [3.8, 4) is 5.75 Å². The number of hydrogen-bond donors (Lipinski definition) is 2. The molecule has 2 N–H and O–H groups in total. The molecular formula is C26H27BrN2O3. The Bertz CT molecular complexity index is 1080. The predicted molar refractivity (Wildman–Crippen MR) is 131 cm³/mol. The maximum Gasteiger partial charge on any atom is 0.259 e. The van der Waals surface area contributed by atoms with E-state index < -0.39 is 0 Å². The highest BCUT2D eigenvalue weighted by atomic mass is 79.9. The zero-order valence-electron chi connectivity index (χ0n) is 18.4. The molecule has 0 fully saturated rings. The molecule has 3 aromatic rings. The molecule has 32 heavy (non-hydrogen) atoms. The van der Waals surface area contributed by atoms with Crippen LogP contribution in [0.15, 0.2) is 77.3 Å². The Morgan fingerprint density at radius 2 is 1.66 bits per heavy atom. The predicted octanol–water partition coefficient (Wildman–Crippen LogP) is 6.23. The summed E-state index contributed by atoms with van der Waals surface area (Å²) in [6.07, 6.45) is 0. The van der Waals surface area contributed by atoms with Gasteiger partial charge in [0.05, 0.1) is 18.2 Å². The van der Waals surface area contributed by atoms with E-state index >= 15 is 0 Å². The summed E-state index contributed by atoms with van der Waals surface area (Å²) in [6.45, 7) is 6.55. The largest absolute Gasteiger partial charge is 0.492 e. The third-order valence-corrected chi connectivity index (χ3v) is 5.28. The van der Waals surface area contributed by atoms with Crippen molar-refractivity contribution in [3.05, 3.63) is 94.0 Å². The van der Waals surface area contributed by atoms with Gasteiger partial charge in [0.1, 0.15) is 5.75 Å². The third-order valence-electron chi connectivity index (χ3n) is 4.79. The number of hydrogen-bond acceptors (Lipinski definition) is 3. The maximum absolute atomic E-state index is 13.0. The average Bonchev–Trinajstić information content (AvgIpc) is 2.78. The zero-order chi connectivity index (χ0) is 23.1. The highest BCUT2D eigenvalue weighted by Gasteiger charge is 2.16. The number of rotatable bonds is 8. The molecule has 2 amide bonds. The Balaban J connectivity index is 1.72. The maximum atomic E-state index is 13.0. The van der Waals surface area contributed by atoms with E-state index in [1.165, 1.54) is 0 Å². The fourth-order valence-corrected chi connectivity index (χ4v) is 3.46. The quantitative estimate of drug-likeness (QED) is 0.390. The molecule has 0 saturated carbocycles. The molecule has 0 radical (unpaired) electrons. The van der Waals surface area contributed by atoms with Crippen LogP contribution < -0.4 is 15.4 Å². The van der Waals surface area contributed by atoms with Crippen molar-refractivity contribution in [2.24, 2.45) is 5.92 Å². The number of amides is 2. The summed E-state index contributed by atoms with van der Waals surface area (Å²) in [4.78, 5) is 25.7. The van der Waals surface area contributed by atoms with Crippen LogP contribution in [0.5, 0.6) is 5.75 Å². The molecule has 0 heterocycles. The van der Waals surface area contributed by atoms with Crippen LogP contribution in [-0.4, -0.2) is 18.4 Å². The Labute approximate surface area is 197 Å². The normalized spacial score (nSPS) is 11.7. The van der Waals surface area contributed by atoms with Gasteiger partial charge in [-0.2, -0.15) is 0 Å². The minimum absolute atomic E-state index is 0.135. The molecule has 0 aliphatic rings. The summed E-state index contributed by atoms with van der Waals surface area (Å²) >= 11 is 3.41. The summed E-state index contributed by atoms with van der Waals surface area (Å²) in [5, 5.41) is 5.86. The SMILES string of the molecule is CC(C)COc1ccc(Br)cc1C(=O)Nc1cccc(C(=O)NC(C)c2ccccc2)c1. The van der Waals surface area contributed by atoms with Gasteiger partial charge >= 0.3 is 0 Å². The van der Waals surface area contributed by atoms with Crippen molar-refractivity contribution >= 4 is 33.4 Å². The summed E-state index contributed by atoms with van der Waals surface area (Å²) in [6, 6.07) is 21.8. The van der Waals surface area contributed by atoms with E-state index in [-0.39, 0.29) is 17.9 Å². The fraction of sp³-hybridized carbons (Fsp3) is 0.231. The first-order valence-electron chi connectivity index (χ1n) is 10.5. The van der Waals surface area contributed by atoms with Gasteiger partial charge in [-0.15, -0.1) is 0 Å². The second-order valence-corrected chi connectivity index (χ2v) is 8.90. The molecule has 3 aromatic carbocycles. The molecule has 6 heteroatoms. The van der Waals surface area contributed by atoms with Crippen molar-refractivity contribution in [1.29, 1.82) is 0 Å². The van der Waals surface area contributed by atoms with Crippen molar-refractivity contribution in [2.45, 2.75) is 26.8 Å². The number of ether oxygens (including phenoxy) is 1. The monoisotopic (exact) mass is 494 g/mol. The van der Waals surface area contributed by atoms with Gasteiger partial charge in [-0.1, -0.05) is 66.2 Å². The Hall–Kier alpha value is -3.12. The van der Waals surface area contributed by atoms with Gasteiger partial charge in [0.25, 0.3) is 11.8 Å². The molecule has 5 nitrogen and oxygen atoms in total. The van der Waals surface area contributed by atoms with Gasteiger partial charge in [0.2, 0.25) is 0 Å². The zero-order valence-corrected chi connectivity index (χ0v) is 20.0. The summed E-state index contributed by atoms with van der Waals surface area (Å²) in [7, 11) is 0. The molecule has 0 aromatic heterocycles. The van der Waals surface area contributed by atoms with Crippen LogP contribution in [0.3, 0.4) is 0 Å². The average molecular weight is 495 g/mol. The first-order chi connectivity index (χ1) is 15.3. The van der Waals surface area contributed by atoms with Crippen LogP contribution in [0.2, 0.25) is 0 Å². The van der Waals surface area contributed by atoms with E-state index in [4.69, 9.17) is 4.74 Å². The minimum Gasteiger partial charge on any atom is -0.492 e. The molecule has 0 bridgehead atoms. The van der Waals surface area contributed by atoms with Crippen molar-refractivity contribution in [2.75, 3.05) is 11.9 Å². The Morgan fingerprint density at radius 3 is 2.38 bits per heavy atom. The molecule has 3 rings (SSSR count). The van der Waals surface area contributed by atoms with Gasteiger partial charge in [0, 0.05) is 15.7 Å². The van der Waals surface area contributed by atoms with Crippen molar-refractivity contribution in [3.63, 3.8) is 0 Å². The number of halogens is 1. The topological polar surface area (TPSA) is 67.4 Å². The standard InChI is InChI=1S/C26H27BrN2O3/c1-17(2)16-32-24-13-12-21(27)15-23(24)26(31)29-22-11-7-10-20(14-22)25(30)28-18(3)19-8-5-4-6-9-19/h4-15,17-18H,16H2,1-3H3,(H,28,30)(H,29,31). The van der Waals surface area contributed by atoms with E-state index in [2.05, 4.69) is 26.6 Å². The second kappa shape index (κ2) is 11.0. The lowest BCUT2D eigenvalue weighted by Crippen LogP contribution is -2.26. The lowest BCUT2D eigenvalue weighted by Gasteiger charge is -2.15. The van der Waals surface area contributed by atoms with Gasteiger partial charge in [-0.05, 0) is 54.8 Å². The molecule has 0 spiro atoms. The van der Waals surface area contributed by atoms with Crippen LogP contribution in [-0.2, 0) is 0 Å². The summed E-state index contributed by atoms with van der Waals surface area (Å²) < 4.78 is 6.59. The Kier molecular flexibility index (Phi) is 8.06. The third kappa shape index (κ3) is 6.44. The fourth-order valence-electron chi connectivity index (χ4n) is 3.10. The van der Waals surface area contributed by atoms with E-state index in [1.807, 2.05) is 57.2 Å². The highest BCUT2D eigenvalue weighted by molar-refractivity contribution is 9.10. The van der Waals surface area contributed by atoms with Crippen LogP contribution in [0, 0.1) is 5.92 Å². The molecule has 0 aliphatic heterocycles. The lowest BCUT2D eigenvalue weighted by atomic mass is 10.1. The molecule has 166 valence electrons. The van der Waals surface area contributed by atoms with Crippen LogP contribution in [0.4, 0.5) is 5.69 Å². The number of carbonyl (C=O) groups is 2. The van der Waals surface area contributed by atoms with Crippen LogP contribution >= 0.6 is 15.9 Å². The van der Waals surface area contributed by atoms with E-state index in [0.717, 1.165) is 10.0 Å². The summed E-state index contributed by atoms with van der Waals surface area (Å²) in [5.41, 5.74) is 2.45. The van der Waals surface area contributed by atoms with Crippen LogP contribution in [0.1, 0.15) is 53.1 Å². The van der Waals surface area contributed by atoms with Crippen LogP contribution in [0.25, 0.3) is 0 Å². The number of carbonyl (C=O) groups excluding carboxylic acids is 2. The second-order valence-electron chi connectivity index (χ2n) is 7.99. The highest BCUT2D eigenvalue weighted by Crippen LogP contribution is 2.25. The van der Waals surface area contributed by atoms with Gasteiger partial charge < -0.3 is 15.4 Å². The first kappa shape index (κ1) is 23.5. The minimum atomic E-state index is -0.305. The number of anilines is 1. The van der Waals surface area contributed by atoms with Crippen molar-refractivity contribution in [1.82, 2.24) is 5.32 Å². The van der Waals surface area contributed by atoms with E-state index in [0.29, 0.717) is 35.1 Å². The molecule has 0 aliphatic carbocycles. The smallest absolute Gasteiger partial charge is 0.259 e. The Morgan fingerprint density at radius 1 is 0.906 bits per heavy atom.